The van der Waals surface area contributed by atoms with Crippen molar-refractivity contribution >= 4 is 5.97 Å². The average Bonchev–Trinajstić information content (AvgIpc) is 2.25. The molecule has 0 bridgehead atoms. The highest BCUT2D eigenvalue weighted by Crippen LogP contribution is 2.39. The number of hydrogen-bond donors (Lipinski definition) is 1. The van der Waals surface area contributed by atoms with E-state index in [1.54, 1.807) is 0 Å². The first-order valence-corrected chi connectivity index (χ1v) is 4.67. The Morgan fingerprint density at radius 1 is 1.47 bits per heavy atom. The lowest BCUT2D eigenvalue weighted by Gasteiger charge is -2.16. The lowest BCUT2D eigenvalue weighted by atomic mass is 10.00. The molecule has 0 fully saturated rings. The van der Waals surface area contributed by atoms with Crippen LogP contribution < -0.4 is 0 Å². The minimum atomic E-state index is -5.20. The van der Waals surface area contributed by atoms with Gasteiger partial charge in [-0.25, -0.2) is 8.78 Å². The molecule has 0 aliphatic carbocycles. The highest BCUT2D eigenvalue weighted by Gasteiger charge is 2.40. The quantitative estimate of drug-likeness (QED) is 0.863. The first-order chi connectivity index (χ1) is 8.68. The molecule has 1 N–H and O–H groups in total. The first kappa shape index (κ1) is 14.8. The number of halogens is 5. The molecule has 0 atom stereocenters. The van der Waals surface area contributed by atoms with Crippen LogP contribution in [0.1, 0.15) is 28.8 Å². The van der Waals surface area contributed by atoms with Gasteiger partial charge in [-0.1, -0.05) is 0 Å². The molecule has 0 aliphatic heterocycles. The first-order valence-electron chi connectivity index (χ1n) is 4.67. The van der Waals surface area contributed by atoms with Crippen molar-refractivity contribution in [3.05, 3.63) is 28.6 Å². The Labute approximate surface area is 103 Å². The van der Waals surface area contributed by atoms with Gasteiger partial charge in [-0.15, -0.1) is 0 Å². The fraction of sp³-hybridized carbons (Fsp3) is 0.300. The SMILES string of the molecule is N#Cc1cnc(CC(=O)O)c(C(F)F)c1C(F)(F)F. The van der Waals surface area contributed by atoms with Gasteiger partial charge in [-0.05, 0) is 0 Å². The number of carboxylic acid groups (broad SMARTS) is 1. The van der Waals surface area contributed by atoms with Gasteiger partial charge >= 0.3 is 12.1 Å². The van der Waals surface area contributed by atoms with E-state index in [1.807, 2.05) is 0 Å². The standard InChI is InChI=1S/C10H5F5N2O2/c11-9(12)7-5(1-6(18)19)17-3-4(2-16)8(7)10(13,14)15/h3,9H,1H2,(H,18,19). The van der Waals surface area contributed by atoms with E-state index in [1.165, 1.54) is 0 Å². The number of aromatic nitrogens is 1. The predicted octanol–water partition coefficient (Wildman–Crippen LogP) is 2.54. The van der Waals surface area contributed by atoms with Crippen molar-refractivity contribution in [1.82, 2.24) is 4.98 Å². The molecular formula is C10H5F5N2O2. The highest BCUT2D eigenvalue weighted by molar-refractivity contribution is 5.70. The topological polar surface area (TPSA) is 74.0 Å². The Bertz CT molecular complexity index is 548. The summed E-state index contributed by atoms with van der Waals surface area (Å²) in [6.45, 7) is 0. The van der Waals surface area contributed by atoms with Crippen molar-refractivity contribution in [2.24, 2.45) is 0 Å². The van der Waals surface area contributed by atoms with Crippen LogP contribution >= 0.6 is 0 Å². The Morgan fingerprint density at radius 2 is 2.05 bits per heavy atom. The molecular weight excluding hydrogens is 275 g/mol. The van der Waals surface area contributed by atoms with Crippen molar-refractivity contribution < 1.29 is 31.9 Å². The van der Waals surface area contributed by atoms with Crippen LogP contribution in [-0.4, -0.2) is 16.1 Å². The van der Waals surface area contributed by atoms with Crippen LogP contribution in [0.25, 0.3) is 0 Å². The van der Waals surface area contributed by atoms with Crippen molar-refractivity contribution in [3.63, 3.8) is 0 Å². The van der Waals surface area contributed by atoms with Gasteiger partial charge in [0.2, 0.25) is 0 Å². The second-order valence-electron chi connectivity index (χ2n) is 3.39. The molecule has 4 nitrogen and oxygen atoms in total. The molecule has 0 amide bonds. The van der Waals surface area contributed by atoms with E-state index in [0.29, 0.717) is 6.20 Å². The van der Waals surface area contributed by atoms with Crippen molar-refractivity contribution in [2.45, 2.75) is 19.0 Å². The van der Waals surface area contributed by atoms with Gasteiger partial charge in [-0.2, -0.15) is 18.4 Å². The number of nitrogens with zero attached hydrogens (tertiary/aromatic N) is 2. The number of nitriles is 1. The molecule has 1 aromatic heterocycles. The Balaban J connectivity index is 3.64. The zero-order chi connectivity index (χ0) is 14.8. The Morgan fingerprint density at radius 3 is 2.42 bits per heavy atom. The maximum atomic E-state index is 12.7. The molecule has 0 aliphatic rings. The summed E-state index contributed by atoms with van der Waals surface area (Å²) in [6.07, 6.45) is -9.44. The Hall–Kier alpha value is -2.24. The molecule has 1 heterocycles. The highest BCUT2D eigenvalue weighted by atomic mass is 19.4. The summed E-state index contributed by atoms with van der Waals surface area (Å²) in [7, 11) is 0. The number of rotatable bonds is 3. The monoisotopic (exact) mass is 280 g/mol. The second-order valence-corrected chi connectivity index (χ2v) is 3.39. The van der Waals surface area contributed by atoms with Crippen LogP contribution in [0, 0.1) is 11.3 Å². The van der Waals surface area contributed by atoms with Crippen LogP contribution in [-0.2, 0) is 17.4 Å². The van der Waals surface area contributed by atoms with Crippen molar-refractivity contribution in [2.75, 3.05) is 0 Å². The van der Waals surface area contributed by atoms with Crippen LogP contribution in [0.3, 0.4) is 0 Å². The number of carbonyl (C=O) groups is 1. The third kappa shape index (κ3) is 3.15. The number of aliphatic carboxylic acids is 1. The van der Waals surface area contributed by atoms with E-state index in [-0.39, 0.29) is 0 Å². The van der Waals surface area contributed by atoms with Crippen molar-refractivity contribution in [1.29, 1.82) is 5.26 Å². The summed E-state index contributed by atoms with van der Waals surface area (Å²) in [6, 6.07) is 1.11. The molecule has 0 aromatic carbocycles. The molecule has 0 spiro atoms. The largest absolute Gasteiger partial charge is 0.481 e. The van der Waals surface area contributed by atoms with Gasteiger partial charge in [-0.3, -0.25) is 9.78 Å². The summed E-state index contributed by atoms with van der Waals surface area (Å²) in [4.78, 5) is 13.6. The van der Waals surface area contributed by atoms with Gasteiger partial charge in [0.15, 0.2) is 0 Å². The van der Waals surface area contributed by atoms with E-state index in [4.69, 9.17) is 10.4 Å². The maximum Gasteiger partial charge on any atom is 0.418 e. The minimum absolute atomic E-state index is 0.437. The van der Waals surface area contributed by atoms with Gasteiger partial charge in [0, 0.05) is 6.20 Å². The number of pyridine rings is 1. The molecule has 1 aromatic rings. The van der Waals surface area contributed by atoms with Gasteiger partial charge in [0.1, 0.15) is 6.07 Å². The summed E-state index contributed by atoms with van der Waals surface area (Å²) < 4.78 is 63.6. The van der Waals surface area contributed by atoms with Crippen LogP contribution in [0.15, 0.2) is 6.20 Å². The Kier molecular flexibility index (Phi) is 4.04. The molecule has 19 heavy (non-hydrogen) atoms. The fourth-order valence-corrected chi connectivity index (χ4v) is 1.48. The lowest BCUT2D eigenvalue weighted by molar-refractivity contribution is -0.140. The molecule has 0 saturated carbocycles. The maximum absolute atomic E-state index is 12.7. The molecule has 0 unspecified atom stereocenters. The number of carboxylic acids is 1. The summed E-state index contributed by atoms with van der Waals surface area (Å²) in [5.74, 6) is -1.60. The summed E-state index contributed by atoms with van der Waals surface area (Å²) in [5, 5.41) is 17.0. The molecule has 102 valence electrons. The second kappa shape index (κ2) is 5.17. The van der Waals surface area contributed by atoms with E-state index in [2.05, 4.69) is 4.98 Å². The lowest BCUT2D eigenvalue weighted by Crippen LogP contribution is -2.17. The third-order valence-electron chi connectivity index (χ3n) is 2.14. The zero-order valence-electron chi connectivity index (χ0n) is 9.00. The van der Waals surface area contributed by atoms with Crippen LogP contribution in [0.2, 0.25) is 0 Å². The minimum Gasteiger partial charge on any atom is -0.481 e. The molecule has 0 radical (unpaired) electrons. The van der Waals surface area contributed by atoms with E-state index in [0.717, 1.165) is 6.07 Å². The molecule has 0 saturated heterocycles. The molecule has 1 rings (SSSR count). The van der Waals surface area contributed by atoms with Crippen molar-refractivity contribution in [3.8, 4) is 6.07 Å². The van der Waals surface area contributed by atoms with E-state index >= 15 is 0 Å². The molecule has 9 heteroatoms. The summed E-state index contributed by atoms with van der Waals surface area (Å²) in [5.41, 5.74) is -5.38. The van der Waals surface area contributed by atoms with Gasteiger partial charge < -0.3 is 5.11 Å². The zero-order valence-corrected chi connectivity index (χ0v) is 9.00. The average molecular weight is 280 g/mol. The van der Waals surface area contributed by atoms with Crippen LogP contribution in [0.4, 0.5) is 22.0 Å². The normalized spacial score (nSPS) is 11.4. The fourth-order valence-electron chi connectivity index (χ4n) is 1.48. The smallest absolute Gasteiger partial charge is 0.418 e. The van der Waals surface area contributed by atoms with E-state index < -0.39 is 47.4 Å². The third-order valence-corrected chi connectivity index (χ3v) is 2.14. The number of hydrogen-bond acceptors (Lipinski definition) is 3. The van der Waals surface area contributed by atoms with Gasteiger partial charge in [0.05, 0.1) is 28.8 Å². The summed E-state index contributed by atoms with van der Waals surface area (Å²) >= 11 is 0. The van der Waals surface area contributed by atoms with Gasteiger partial charge in [0.25, 0.3) is 6.43 Å². The number of alkyl halides is 5. The predicted molar refractivity (Wildman–Crippen MR) is 50.3 cm³/mol. The van der Waals surface area contributed by atoms with Crippen LogP contribution in [0.5, 0.6) is 0 Å². The van der Waals surface area contributed by atoms with E-state index in [9.17, 15) is 26.7 Å².